The van der Waals surface area contributed by atoms with Gasteiger partial charge in [0.15, 0.2) is 4.67 Å². The monoisotopic (exact) mass is 357 g/mol. The van der Waals surface area contributed by atoms with E-state index in [9.17, 15) is 8.42 Å². The van der Waals surface area contributed by atoms with Gasteiger partial charge >= 0.3 is 0 Å². The van der Waals surface area contributed by atoms with E-state index in [2.05, 4.69) is 15.9 Å². The van der Waals surface area contributed by atoms with Gasteiger partial charge in [-0.05, 0) is 22.4 Å². The molecule has 2 heterocycles. The molecule has 0 radical (unpaired) electrons. The fourth-order valence-electron chi connectivity index (χ4n) is 1.74. The van der Waals surface area contributed by atoms with E-state index in [4.69, 9.17) is 20.8 Å². The molecule has 102 valence electrons. The van der Waals surface area contributed by atoms with Crippen LogP contribution >= 0.6 is 27.5 Å². The van der Waals surface area contributed by atoms with Gasteiger partial charge in [-0.25, -0.2) is 8.42 Å². The molecule has 0 N–H and O–H groups in total. The van der Waals surface area contributed by atoms with Gasteiger partial charge in [0.2, 0.25) is 10.0 Å². The molecule has 1 fully saturated rings. The molecule has 0 saturated carbocycles. The van der Waals surface area contributed by atoms with E-state index >= 15 is 0 Å². The van der Waals surface area contributed by atoms with Crippen LogP contribution in [-0.2, 0) is 20.6 Å². The topological polar surface area (TPSA) is 59.8 Å². The number of hydrogen-bond donors (Lipinski definition) is 0. The van der Waals surface area contributed by atoms with E-state index in [0.717, 1.165) is 0 Å². The van der Waals surface area contributed by atoms with E-state index in [1.807, 2.05) is 0 Å². The Bertz CT molecular complexity index is 508. The number of nitrogens with zero attached hydrogens (tertiary/aromatic N) is 1. The van der Waals surface area contributed by atoms with Crippen molar-refractivity contribution in [3.8, 4) is 0 Å². The Labute approximate surface area is 119 Å². The Kier molecular flexibility index (Phi) is 4.71. The maximum Gasteiger partial charge on any atom is 0.247 e. The van der Waals surface area contributed by atoms with Gasteiger partial charge in [-0.15, -0.1) is 11.6 Å². The average Bonchev–Trinajstić information content (AvgIpc) is 2.55. The third-order valence-electron chi connectivity index (χ3n) is 2.64. The summed E-state index contributed by atoms with van der Waals surface area (Å²) in [6.45, 7) is 1.81. The fourth-order valence-corrected chi connectivity index (χ4v) is 4.30. The standard InChI is InChI=1S/C10H13BrClNO4S/c11-10-9(6-8(7-12)17-10)18(14,15)13-2-1-4-16-5-3-13/h6H,1-5,7H2. The van der Waals surface area contributed by atoms with Crippen LogP contribution in [0.1, 0.15) is 12.2 Å². The normalized spacial score (nSPS) is 18.8. The number of halogens is 2. The minimum absolute atomic E-state index is 0.125. The van der Waals surface area contributed by atoms with Gasteiger partial charge in [-0.2, -0.15) is 4.31 Å². The number of ether oxygens (including phenoxy) is 1. The van der Waals surface area contributed by atoms with E-state index in [1.165, 1.54) is 10.4 Å². The van der Waals surface area contributed by atoms with Crippen LogP contribution in [-0.4, -0.2) is 39.0 Å². The molecule has 2 rings (SSSR count). The van der Waals surface area contributed by atoms with Crippen LogP contribution in [0, 0.1) is 0 Å². The summed E-state index contributed by atoms with van der Waals surface area (Å²) in [6, 6.07) is 1.46. The van der Waals surface area contributed by atoms with E-state index in [-0.39, 0.29) is 15.4 Å². The smallest absolute Gasteiger partial charge is 0.247 e. The van der Waals surface area contributed by atoms with Crippen LogP contribution in [0.25, 0.3) is 0 Å². The van der Waals surface area contributed by atoms with Gasteiger partial charge in [0, 0.05) is 25.8 Å². The summed E-state index contributed by atoms with van der Waals surface area (Å²) < 4.78 is 36.9. The highest BCUT2D eigenvalue weighted by Gasteiger charge is 2.29. The van der Waals surface area contributed by atoms with Crippen molar-refractivity contribution in [3.05, 3.63) is 16.5 Å². The van der Waals surface area contributed by atoms with Gasteiger partial charge < -0.3 is 9.15 Å². The highest BCUT2D eigenvalue weighted by molar-refractivity contribution is 9.10. The Hall–Kier alpha value is -0.0800. The second-order valence-electron chi connectivity index (χ2n) is 3.85. The largest absolute Gasteiger partial charge is 0.452 e. The molecule has 0 atom stereocenters. The number of hydrogen-bond acceptors (Lipinski definition) is 4. The molecular formula is C10H13BrClNO4S. The van der Waals surface area contributed by atoms with Crippen molar-refractivity contribution in [2.75, 3.05) is 26.3 Å². The van der Waals surface area contributed by atoms with Gasteiger partial charge in [0.05, 0.1) is 12.5 Å². The summed E-state index contributed by atoms with van der Waals surface area (Å²) in [4.78, 5) is 0.125. The van der Waals surface area contributed by atoms with Crippen molar-refractivity contribution in [2.45, 2.75) is 17.2 Å². The van der Waals surface area contributed by atoms with Crippen molar-refractivity contribution >= 4 is 37.6 Å². The lowest BCUT2D eigenvalue weighted by atomic mass is 10.5. The number of rotatable bonds is 3. The van der Waals surface area contributed by atoms with Gasteiger partial charge in [-0.1, -0.05) is 0 Å². The minimum atomic E-state index is -3.55. The summed E-state index contributed by atoms with van der Waals surface area (Å²) in [6.07, 6.45) is 0.692. The molecule has 1 aromatic heterocycles. The zero-order valence-electron chi connectivity index (χ0n) is 9.56. The molecule has 1 saturated heterocycles. The predicted octanol–water partition coefficient (Wildman–Crippen LogP) is 2.19. The Balaban J connectivity index is 2.31. The quantitative estimate of drug-likeness (QED) is 0.777. The minimum Gasteiger partial charge on any atom is -0.452 e. The number of sulfonamides is 1. The molecule has 18 heavy (non-hydrogen) atoms. The van der Waals surface area contributed by atoms with Crippen molar-refractivity contribution in [2.24, 2.45) is 0 Å². The maximum atomic E-state index is 12.4. The molecule has 0 spiro atoms. The first-order valence-electron chi connectivity index (χ1n) is 5.48. The molecule has 0 aliphatic carbocycles. The lowest BCUT2D eigenvalue weighted by molar-refractivity contribution is 0.148. The van der Waals surface area contributed by atoms with Crippen molar-refractivity contribution in [1.82, 2.24) is 4.31 Å². The fraction of sp³-hybridized carbons (Fsp3) is 0.600. The molecule has 1 aliphatic heterocycles. The van der Waals surface area contributed by atoms with Crippen LogP contribution in [0.15, 0.2) is 20.0 Å². The van der Waals surface area contributed by atoms with Crippen molar-refractivity contribution in [3.63, 3.8) is 0 Å². The molecule has 5 nitrogen and oxygen atoms in total. The van der Waals surface area contributed by atoms with Gasteiger partial charge in [0.1, 0.15) is 10.7 Å². The Morgan fingerprint density at radius 1 is 1.39 bits per heavy atom. The third kappa shape index (κ3) is 2.91. The Morgan fingerprint density at radius 3 is 2.83 bits per heavy atom. The Morgan fingerprint density at radius 2 is 2.17 bits per heavy atom. The SMILES string of the molecule is O=S(=O)(c1cc(CCl)oc1Br)N1CCCOCC1. The molecule has 8 heteroatoms. The number of alkyl halides is 1. The van der Waals surface area contributed by atoms with Crippen LogP contribution in [0.4, 0.5) is 0 Å². The number of furan rings is 1. The lowest BCUT2D eigenvalue weighted by Crippen LogP contribution is -2.33. The summed E-state index contributed by atoms with van der Waals surface area (Å²) >= 11 is 8.75. The highest BCUT2D eigenvalue weighted by Crippen LogP contribution is 2.29. The summed E-state index contributed by atoms with van der Waals surface area (Å²) in [5.74, 6) is 0.560. The van der Waals surface area contributed by atoms with E-state index in [0.29, 0.717) is 38.5 Å². The van der Waals surface area contributed by atoms with Crippen LogP contribution < -0.4 is 0 Å². The molecule has 0 unspecified atom stereocenters. The molecule has 1 aromatic rings. The molecule has 0 aromatic carbocycles. The van der Waals surface area contributed by atoms with Crippen molar-refractivity contribution in [1.29, 1.82) is 0 Å². The first kappa shape index (κ1) is 14.3. The summed E-state index contributed by atoms with van der Waals surface area (Å²) in [5.41, 5.74) is 0. The van der Waals surface area contributed by atoms with Crippen molar-refractivity contribution < 1.29 is 17.6 Å². The predicted molar refractivity (Wildman–Crippen MR) is 70.2 cm³/mol. The van der Waals surface area contributed by atoms with Gasteiger partial charge in [0.25, 0.3) is 0 Å². The third-order valence-corrected chi connectivity index (χ3v) is 5.66. The first-order valence-corrected chi connectivity index (χ1v) is 8.24. The second kappa shape index (κ2) is 5.92. The van der Waals surface area contributed by atoms with Crippen LogP contribution in [0.2, 0.25) is 0 Å². The first-order chi connectivity index (χ1) is 8.55. The van der Waals surface area contributed by atoms with Gasteiger partial charge in [-0.3, -0.25) is 0 Å². The average molecular weight is 359 g/mol. The summed E-state index contributed by atoms with van der Waals surface area (Å²) in [7, 11) is -3.55. The van der Waals surface area contributed by atoms with Crippen LogP contribution in [0.5, 0.6) is 0 Å². The maximum absolute atomic E-state index is 12.4. The summed E-state index contributed by atoms with van der Waals surface area (Å²) in [5, 5.41) is 0. The van der Waals surface area contributed by atoms with E-state index < -0.39 is 10.0 Å². The van der Waals surface area contributed by atoms with Crippen LogP contribution in [0.3, 0.4) is 0 Å². The molecule has 0 bridgehead atoms. The van der Waals surface area contributed by atoms with E-state index in [1.54, 1.807) is 0 Å². The molecular weight excluding hydrogens is 346 g/mol. The lowest BCUT2D eigenvalue weighted by Gasteiger charge is -2.18. The highest BCUT2D eigenvalue weighted by atomic mass is 79.9. The zero-order valence-corrected chi connectivity index (χ0v) is 12.7. The second-order valence-corrected chi connectivity index (χ2v) is 6.75. The molecule has 1 aliphatic rings. The molecule has 0 amide bonds. The zero-order chi connectivity index (χ0) is 13.2.